The van der Waals surface area contributed by atoms with Gasteiger partial charge < -0.3 is 5.32 Å². The molecule has 1 aliphatic rings. The molecule has 2 heteroatoms. The van der Waals surface area contributed by atoms with E-state index in [0.29, 0.717) is 0 Å². The quantitative estimate of drug-likeness (QED) is 0.579. The van der Waals surface area contributed by atoms with Gasteiger partial charge >= 0.3 is 0 Å². The largest absolute Gasteiger partial charge is 0.383 e. The second kappa shape index (κ2) is 1.97. The van der Waals surface area contributed by atoms with Crippen LogP contribution in [0.25, 0.3) is 0 Å². The van der Waals surface area contributed by atoms with Crippen molar-refractivity contribution in [3.63, 3.8) is 0 Å². The zero-order chi connectivity index (χ0) is 6.97. The van der Waals surface area contributed by atoms with Gasteiger partial charge in [-0.1, -0.05) is 0 Å². The molecule has 2 nitrogen and oxygen atoms in total. The van der Waals surface area contributed by atoms with Crippen LogP contribution in [0.15, 0.2) is 12.3 Å². The minimum atomic E-state index is 1.05. The molecule has 0 fully saturated rings. The van der Waals surface area contributed by atoms with Gasteiger partial charge in [-0.05, 0) is 18.6 Å². The Hall–Kier alpha value is -1.05. The number of hydrogen-bond acceptors (Lipinski definition) is 2. The highest BCUT2D eigenvalue weighted by atomic mass is 14.9. The molecule has 1 aromatic rings. The van der Waals surface area contributed by atoms with Crippen LogP contribution in [0.3, 0.4) is 0 Å². The monoisotopic (exact) mass is 134 g/mol. The predicted octanol–water partition coefficient (Wildman–Crippen LogP) is 1.36. The number of aromatic nitrogens is 1. The molecule has 0 unspecified atom stereocenters. The first-order chi connectivity index (χ1) is 4.86. The van der Waals surface area contributed by atoms with Crippen molar-refractivity contribution in [3.8, 4) is 0 Å². The fourth-order valence-electron chi connectivity index (χ4n) is 1.27. The fraction of sp³-hybridized carbons (Fsp3) is 0.375. The molecule has 0 aromatic carbocycles. The van der Waals surface area contributed by atoms with Crippen LogP contribution in [0, 0.1) is 6.92 Å². The number of aryl methyl sites for hydroxylation is 1. The lowest BCUT2D eigenvalue weighted by Gasteiger charge is -1.97. The molecule has 0 spiro atoms. The second-order valence-corrected chi connectivity index (χ2v) is 2.68. The van der Waals surface area contributed by atoms with E-state index in [9.17, 15) is 0 Å². The van der Waals surface area contributed by atoms with Crippen LogP contribution in [0.2, 0.25) is 0 Å². The van der Waals surface area contributed by atoms with Crippen LogP contribution in [0.1, 0.15) is 11.3 Å². The van der Waals surface area contributed by atoms with Gasteiger partial charge in [-0.25, -0.2) is 0 Å². The van der Waals surface area contributed by atoms with Gasteiger partial charge in [0.1, 0.15) is 0 Å². The van der Waals surface area contributed by atoms with Crippen molar-refractivity contribution in [1.29, 1.82) is 0 Å². The Morgan fingerprint density at radius 3 is 3.40 bits per heavy atom. The molecule has 0 atom stereocenters. The summed E-state index contributed by atoms with van der Waals surface area (Å²) in [6.07, 6.45) is 3.00. The van der Waals surface area contributed by atoms with E-state index < -0.39 is 0 Å². The van der Waals surface area contributed by atoms with E-state index in [1.165, 1.54) is 16.9 Å². The van der Waals surface area contributed by atoms with Crippen LogP contribution in [-0.4, -0.2) is 11.5 Å². The summed E-state index contributed by atoms with van der Waals surface area (Å²) in [4.78, 5) is 4.30. The fourth-order valence-corrected chi connectivity index (χ4v) is 1.27. The van der Waals surface area contributed by atoms with Crippen molar-refractivity contribution in [1.82, 2.24) is 4.98 Å². The maximum Gasteiger partial charge on any atom is 0.0652 e. The lowest BCUT2D eigenvalue weighted by atomic mass is 10.2. The number of anilines is 1. The first-order valence-electron chi connectivity index (χ1n) is 3.55. The van der Waals surface area contributed by atoms with Gasteiger partial charge in [0.2, 0.25) is 0 Å². The Morgan fingerprint density at radius 1 is 1.60 bits per heavy atom. The number of rotatable bonds is 0. The topological polar surface area (TPSA) is 24.9 Å². The average Bonchev–Trinajstić information content (AvgIpc) is 2.33. The van der Waals surface area contributed by atoms with E-state index in [2.05, 4.69) is 23.3 Å². The second-order valence-electron chi connectivity index (χ2n) is 2.68. The molecular formula is C8H10N2. The van der Waals surface area contributed by atoms with Gasteiger partial charge in [0.05, 0.1) is 11.4 Å². The molecule has 2 rings (SSSR count). The third kappa shape index (κ3) is 0.764. The van der Waals surface area contributed by atoms with Crippen LogP contribution >= 0.6 is 0 Å². The zero-order valence-corrected chi connectivity index (χ0v) is 6.02. The maximum absolute atomic E-state index is 4.30. The standard InChI is InChI=1S/C8H10N2/c1-6-4-8-7(10-5-6)2-3-9-8/h4-5,9H,2-3H2,1H3. The highest BCUT2D eigenvalue weighted by Crippen LogP contribution is 2.19. The molecule has 0 saturated carbocycles. The lowest BCUT2D eigenvalue weighted by Crippen LogP contribution is -1.90. The summed E-state index contributed by atoms with van der Waals surface area (Å²) >= 11 is 0. The first-order valence-corrected chi connectivity index (χ1v) is 3.55. The molecule has 52 valence electrons. The SMILES string of the molecule is Cc1cnc2c(c1)NCC2. The summed E-state index contributed by atoms with van der Waals surface area (Å²) in [6.45, 7) is 3.11. The van der Waals surface area contributed by atoms with Gasteiger partial charge in [-0.15, -0.1) is 0 Å². The molecule has 0 amide bonds. The number of pyridine rings is 1. The number of nitrogens with one attached hydrogen (secondary N) is 1. The minimum Gasteiger partial charge on any atom is -0.383 e. The summed E-state index contributed by atoms with van der Waals surface area (Å²) in [7, 11) is 0. The van der Waals surface area contributed by atoms with Gasteiger partial charge in [0.25, 0.3) is 0 Å². The van der Waals surface area contributed by atoms with Crippen molar-refractivity contribution < 1.29 is 0 Å². The summed E-state index contributed by atoms with van der Waals surface area (Å²) < 4.78 is 0. The number of hydrogen-bond donors (Lipinski definition) is 1. The van der Waals surface area contributed by atoms with Crippen LogP contribution < -0.4 is 5.32 Å². The van der Waals surface area contributed by atoms with E-state index in [1.54, 1.807) is 0 Å². The van der Waals surface area contributed by atoms with Crippen LogP contribution in [-0.2, 0) is 6.42 Å². The van der Waals surface area contributed by atoms with Crippen molar-refractivity contribution in [2.75, 3.05) is 11.9 Å². The summed E-state index contributed by atoms with van der Waals surface area (Å²) in [5.74, 6) is 0. The van der Waals surface area contributed by atoms with E-state index in [-0.39, 0.29) is 0 Å². The highest BCUT2D eigenvalue weighted by Gasteiger charge is 2.09. The zero-order valence-electron chi connectivity index (χ0n) is 6.02. The molecule has 10 heavy (non-hydrogen) atoms. The number of nitrogens with zero attached hydrogens (tertiary/aromatic N) is 1. The predicted molar refractivity (Wildman–Crippen MR) is 41.2 cm³/mol. The Bertz CT molecular complexity index is 255. The van der Waals surface area contributed by atoms with Crippen molar-refractivity contribution in [3.05, 3.63) is 23.5 Å². The van der Waals surface area contributed by atoms with E-state index in [0.717, 1.165) is 13.0 Å². The highest BCUT2D eigenvalue weighted by molar-refractivity contribution is 5.53. The smallest absolute Gasteiger partial charge is 0.0652 e. The molecule has 1 N–H and O–H groups in total. The molecule has 1 aliphatic heterocycles. The molecular weight excluding hydrogens is 124 g/mol. The van der Waals surface area contributed by atoms with E-state index >= 15 is 0 Å². The first kappa shape index (κ1) is 5.71. The van der Waals surface area contributed by atoms with Gasteiger partial charge in [-0.3, -0.25) is 4.98 Å². The molecule has 0 saturated heterocycles. The molecule has 1 aromatic heterocycles. The molecule has 0 radical (unpaired) electrons. The van der Waals surface area contributed by atoms with E-state index in [1.807, 2.05) is 6.20 Å². The summed E-state index contributed by atoms with van der Waals surface area (Å²) in [5.41, 5.74) is 3.67. The van der Waals surface area contributed by atoms with Crippen LogP contribution in [0.5, 0.6) is 0 Å². The number of fused-ring (bicyclic) bond motifs is 1. The summed E-state index contributed by atoms with van der Waals surface area (Å²) in [5, 5.41) is 3.28. The average molecular weight is 134 g/mol. The summed E-state index contributed by atoms with van der Waals surface area (Å²) in [6, 6.07) is 2.15. The van der Waals surface area contributed by atoms with Crippen molar-refractivity contribution in [2.24, 2.45) is 0 Å². The molecule has 2 heterocycles. The van der Waals surface area contributed by atoms with Gasteiger partial charge in [-0.2, -0.15) is 0 Å². The lowest BCUT2D eigenvalue weighted by molar-refractivity contribution is 1.04. The third-order valence-corrected chi connectivity index (χ3v) is 1.78. The molecule has 0 aliphatic carbocycles. The minimum absolute atomic E-state index is 1.05. The van der Waals surface area contributed by atoms with Crippen molar-refractivity contribution >= 4 is 5.69 Å². The van der Waals surface area contributed by atoms with Gasteiger partial charge in [0.15, 0.2) is 0 Å². The Morgan fingerprint density at radius 2 is 2.50 bits per heavy atom. The third-order valence-electron chi connectivity index (χ3n) is 1.78. The Kier molecular flexibility index (Phi) is 1.13. The van der Waals surface area contributed by atoms with Crippen molar-refractivity contribution in [2.45, 2.75) is 13.3 Å². The maximum atomic E-state index is 4.30. The van der Waals surface area contributed by atoms with Gasteiger partial charge in [0, 0.05) is 19.2 Å². The van der Waals surface area contributed by atoms with E-state index in [4.69, 9.17) is 0 Å². The Balaban J connectivity index is 2.52. The molecule has 0 bridgehead atoms. The van der Waals surface area contributed by atoms with Crippen LogP contribution in [0.4, 0.5) is 5.69 Å². The Labute approximate surface area is 60.3 Å². The normalized spacial score (nSPS) is 14.5.